The van der Waals surface area contributed by atoms with Crippen LogP contribution in [-0.2, 0) is 9.53 Å². The Labute approximate surface area is 107 Å². The van der Waals surface area contributed by atoms with Crippen LogP contribution in [0.3, 0.4) is 0 Å². The minimum absolute atomic E-state index is 0.253. The molecule has 0 unspecified atom stereocenters. The van der Waals surface area contributed by atoms with Crippen molar-refractivity contribution in [1.82, 2.24) is 0 Å². The van der Waals surface area contributed by atoms with Crippen LogP contribution >= 0.6 is 0 Å². The second-order valence-electron chi connectivity index (χ2n) is 3.46. The molecule has 0 amide bonds. The van der Waals surface area contributed by atoms with Gasteiger partial charge in [0, 0.05) is 12.5 Å². The molecule has 18 heavy (non-hydrogen) atoms. The maximum absolute atomic E-state index is 11.3. The zero-order valence-electron chi connectivity index (χ0n) is 10.4. The highest BCUT2D eigenvalue weighted by Crippen LogP contribution is 2.12. The second-order valence-corrected chi connectivity index (χ2v) is 3.46. The van der Waals surface area contributed by atoms with Gasteiger partial charge in [-0.05, 0) is 30.7 Å². The first-order valence-electron chi connectivity index (χ1n) is 5.77. The highest BCUT2D eigenvalue weighted by Gasteiger charge is 1.96. The third-order valence-corrected chi connectivity index (χ3v) is 2.09. The van der Waals surface area contributed by atoms with Crippen LogP contribution in [0.5, 0.6) is 5.75 Å². The van der Waals surface area contributed by atoms with Crippen molar-refractivity contribution in [1.29, 1.82) is 0 Å². The molecule has 0 spiro atoms. The first-order chi connectivity index (χ1) is 8.76. The highest BCUT2D eigenvalue weighted by molar-refractivity contribution is 5.87. The van der Waals surface area contributed by atoms with Gasteiger partial charge in [0.2, 0.25) is 0 Å². The lowest BCUT2D eigenvalue weighted by Gasteiger charge is -2.02. The maximum Gasteiger partial charge on any atom is 0.330 e. The van der Waals surface area contributed by atoms with E-state index in [1.165, 1.54) is 6.08 Å². The number of terminal acetylenes is 1. The Morgan fingerprint density at radius 3 is 2.72 bits per heavy atom. The molecule has 1 aromatic rings. The summed E-state index contributed by atoms with van der Waals surface area (Å²) < 4.78 is 10.2. The third-order valence-electron chi connectivity index (χ3n) is 2.09. The van der Waals surface area contributed by atoms with Gasteiger partial charge in [-0.25, -0.2) is 4.79 Å². The predicted molar refractivity (Wildman–Crippen MR) is 71.1 cm³/mol. The molecule has 1 rings (SSSR count). The molecule has 94 valence electrons. The van der Waals surface area contributed by atoms with Gasteiger partial charge in [-0.2, -0.15) is 0 Å². The van der Waals surface area contributed by atoms with Gasteiger partial charge in [-0.3, -0.25) is 0 Å². The lowest BCUT2D eigenvalue weighted by molar-refractivity contribution is -0.137. The molecule has 1 aromatic carbocycles. The first kappa shape index (κ1) is 13.9. The Morgan fingerprint density at radius 1 is 1.39 bits per heavy atom. The smallest absolute Gasteiger partial charge is 0.330 e. The van der Waals surface area contributed by atoms with Gasteiger partial charge in [0.25, 0.3) is 0 Å². The Balaban J connectivity index is 2.46. The highest BCUT2D eigenvalue weighted by atomic mass is 16.5. The topological polar surface area (TPSA) is 35.5 Å². The van der Waals surface area contributed by atoms with Crippen LogP contribution in [0.2, 0.25) is 0 Å². The average Bonchev–Trinajstić information content (AvgIpc) is 2.39. The Bertz CT molecular complexity index is 438. The molecule has 0 radical (unpaired) electrons. The van der Waals surface area contributed by atoms with E-state index in [1.807, 2.05) is 31.2 Å². The SMILES string of the molecule is C#CCCOC(=O)/C=C/c1ccc(OCC)cc1. The molecule has 0 bridgehead atoms. The Kier molecular flexibility index (Phi) is 6.13. The lowest BCUT2D eigenvalue weighted by Crippen LogP contribution is -2.01. The van der Waals surface area contributed by atoms with Gasteiger partial charge in [0.1, 0.15) is 12.4 Å². The molecule has 0 aliphatic rings. The van der Waals surface area contributed by atoms with Crippen molar-refractivity contribution in [2.45, 2.75) is 13.3 Å². The molecule has 0 aliphatic carbocycles. The summed E-state index contributed by atoms with van der Waals surface area (Å²) in [4.78, 5) is 11.3. The minimum Gasteiger partial charge on any atom is -0.494 e. The molecule has 3 nitrogen and oxygen atoms in total. The van der Waals surface area contributed by atoms with E-state index in [1.54, 1.807) is 6.08 Å². The van der Waals surface area contributed by atoms with E-state index in [0.717, 1.165) is 11.3 Å². The summed E-state index contributed by atoms with van der Waals surface area (Å²) >= 11 is 0. The summed E-state index contributed by atoms with van der Waals surface area (Å²) in [5, 5.41) is 0. The van der Waals surface area contributed by atoms with E-state index in [4.69, 9.17) is 15.9 Å². The average molecular weight is 244 g/mol. The summed E-state index contributed by atoms with van der Waals surface area (Å²) in [5.74, 6) is 2.82. The van der Waals surface area contributed by atoms with Gasteiger partial charge in [-0.15, -0.1) is 12.3 Å². The number of esters is 1. The molecular weight excluding hydrogens is 228 g/mol. The summed E-state index contributed by atoms with van der Waals surface area (Å²) in [6, 6.07) is 7.45. The number of benzene rings is 1. The lowest BCUT2D eigenvalue weighted by atomic mass is 10.2. The molecule has 3 heteroatoms. The van der Waals surface area contributed by atoms with E-state index in [9.17, 15) is 4.79 Å². The van der Waals surface area contributed by atoms with E-state index in [0.29, 0.717) is 13.0 Å². The summed E-state index contributed by atoms with van der Waals surface area (Å²) in [7, 11) is 0. The monoisotopic (exact) mass is 244 g/mol. The number of rotatable bonds is 6. The summed E-state index contributed by atoms with van der Waals surface area (Å²) in [6.07, 6.45) is 8.55. The van der Waals surface area contributed by atoms with Crippen molar-refractivity contribution in [2.75, 3.05) is 13.2 Å². The normalized spacial score (nSPS) is 10.0. The molecule has 0 fully saturated rings. The van der Waals surface area contributed by atoms with Gasteiger partial charge in [0.15, 0.2) is 0 Å². The number of carbonyl (C=O) groups is 1. The van der Waals surface area contributed by atoms with Crippen molar-refractivity contribution in [3.05, 3.63) is 35.9 Å². The molecule has 0 saturated heterocycles. The predicted octanol–water partition coefficient (Wildman–Crippen LogP) is 2.67. The molecular formula is C15H16O3. The molecule has 0 aliphatic heterocycles. The van der Waals surface area contributed by atoms with E-state index < -0.39 is 0 Å². The fraction of sp³-hybridized carbons (Fsp3) is 0.267. The van der Waals surface area contributed by atoms with Crippen LogP contribution in [-0.4, -0.2) is 19.2 Å². The number of hydrogen-bond donors (Lipinski definition) is 0. The van der Waals surface area contributed by atoms with Crippen molar-refractivity contribution < 1.29 is 14.3 Å². The van der Waals surface area contributed by atoms with Crippen LogP contribution < -0.4 is 4.74 Å². The number of hydrogen-bond acceptors (Lipinski definition) is 3. The van der Waals surface area contributed by atoms with Crippen LogP contribution in [0.1, 0.15) is 18.9 Å². The van der Waals surface area contributed by atoms with Crippen molar-refractivity contribution in [2.24, 2.45) is 0 Å². The van der Waals surface area contributed by atoms with Crippen LogP contribution in [0.15, 0.2) is 30.3 Å². The largest absolute Gasteiger partial charge is 0.494 e. The zero-order valence-corrected chi connectivity index (χ0v) is 10.4. The third kappa shape index (κ3) is 5.22. The van der Waals surface area contributed by atoms with Crippen LogP contribution in [0.4, 0.5) is 0 Å². The molecule has 0 atom stereocenters. The molecule has 0 heterocycles. The zero-order chi connectivity index (χ0) is 13.2. The molecule has 0 saturated carbocycles. The van der Waals surface area contributed by atoms with Crippen molar-refractivity contribution in [3.63, 3.8) is 0 Å². The maximum atomic E-state index is 11.3. The second kappa shape index (κ2) is 7.97. The van der Waals surface area contributed by atoms with Crippen LogP contribution in [0.25, 0.3) is 6.08 Å². The van der Waals surface area contributed by atoms with E-state index >= 15 is 0 Å². The van der Waals surface area contributed by atoms with E-state index in [-0.39, 0.29) is 12.6 Å². The summed E-state index contributed by atoms with van der Waals surface area (Å²) in [6.45, 7) is 2.82. The number of carbonyl (C=O) groups excluding carboxylic acids is 1. The van der Waals surface area contributed by atoms with Crippen molar-refractivity contribution in [3.8, 4) is 18.1 Å². The fourth-order valence-electron chi connectivity index (χ4n) is 1.26. The minimum atomic E-state index is -0.390. The van der Waals surface area contributed by atoms with Gasteiger partial charge >= 0.3 is 5.97 Å². The molecule has 0 aromatic heterocycles. The van der Waals surface area contributed by atoms with Gasteiger partial charge in [-0.1, -0.05) is 12.1 Å². The quantitative estimate of drug-likeness (QED) is 0.334. The van der Waals surface area contributed by atoms with E-state index in [2.05, 4.69) is 5.92 Å². The fourth-order valence-corrected chi connectivity index (χ4v) is 1.26. The summed E-state index contributed by atoms with van der Waals surface area (Å²) in [5.41, 5.74) is 0.910. The van der Waals surface area contributed by atoms with Crippen molar-refractivity contribution >= 4 is 12.0 Å². The van der Waals surface area contributed by atoms with Gasteiger partial charge in [0.05, 0.1) is 6.61 Å². The Hall–Kier alpha value is -2.21. The Morgan fingerprint density at radius 2 is 2.11 bits per heavy atom. The van der Waals surface area contributed by atoms with Crippen LogP contribution in [0, 0.1) is 12.3 Å². The first-order valence-corrected chi connectivity index (χ1v) is 5.77. The molecule has 0 N–H and O–H groups in total. The van der Waals surface area contributed by atoms with Gasteiger partial charge < -0.3 is 9.47 Å². The number of ether oxygens (including phenoxy) is 2. The standard InChI is InChI=1S/C15H16O3/c1-3-5-12-18-15(16)11-8-13-6-9-14(10-7-13)17-4-2/h1,6-11H,4-5,12H2,2H3/b11-8+.